The van der Waals surface area contributed by atoms with E-state index >= 15 is 0 Å². The molecule has 41 heavy (non-hydrogen) atoms. The second-order valence-corrected chi connectivity index (χ2v) is 10.3. The lowest BCUT2D eigenvalue weighted by Gasteiger charge is -2.09. The van der Waals surface area contributed by atoms with E-state index in [1.807, 2.05) is 42.5 Å². The number of aromatic amines is 1. The number of benzene rings is 6. The summed E-state index contributed by atoms with van der Waals surface area (Å²) in [6, 6.07) is 43.1. The van der Waals surface area contributed by atoms with Gasteiger partial charge in [0.15, 0.2) is 0 Å². The summed E-state index contributed by atoms with van der Waals surface area (Å²) >= 11 is 0. The van der Waals surface area contributed by atoms with Crippen LogP contribution < -0.4 is 0 Å². The lowest BCUT2D eigenvalue weighted by molar-refractivity contribution is 1.24. The number of aromatic nitrogens is 2. The predicted octanol–water partition coefficient (Wildman–Crippen LogP) is 11.0. The Hall–Kier alpha value is -5.34. The van der Waals surface area contributed by atoms with Gasteiger partial charge < -0.3 is 9.55 Å². The largest absolute Gasteiger partial charge is 0.354 e. The molecule has 0 saturated heterocycles. The lowest BCUT2D eigenvalue weighted by Crippen LogP contribution is -1.94. The monoisotopic (exact) mass is 526 g/mol. The Morgan fingerprint density at radius 1 is 0.585 bits per heavy atom. The van der Waals surface area contributed by atoms with Gasteiger partial charge in [-0.25, -0.2) is 0 Å². The van der Waals surface area contributed by atoms with E-state index < -0.39 is 0 Å². The fourth-order valence-corrected chi connectivity index (χ4v) is 5.94. The number of allylic oxidation sites excluding steroid dienone is 5. The van der Waals surface area contributed by atoms with Crippen molar-refractivity contribution in [3.63, 3.8) is 0 Å². The van der Waals surface area contributed by atoms with E-state index in [0.29, 0.717) is 0 Å². The first-order valence-electron chi connectivity index (χ1n) is 14.0. The van der Waals surface area contributed by atoms with Crippen LogP contribution in [0.2, 0.25) is 0 Å². The van der Waals surface area contributed by atoms with Gasteiger partial charge in [0.2, 0.25) is 0 Å². The maximum absolute atomic E-state index is 3.98. The number of hydrogen-bond donors (Lipinski definition) is 1. The molecule has 6 aromatic carbocycles. The van der Waals surface area contributed by atoms with Crippen molar-refractivity contribution in [1.29, 1.82) is 0 Å². The van der Waals surface area contributed by atoms with Gasteiger partial charge in [-0.2, -0.15) is 0 Å². The molecule has 0 bridgehead atoms. The number of hydrogen-bond acceptors (Lipinski definition) is 0. The predicted molar refractivity (Wildman–Crippen MR) is 180 cm³/mol. The second-order valence-electron chi connectivity index (χ2n) is 10.3. The molecule has 0 atom stereocenters. The van der Waals surface area contributed by atoms with Crippen molar-refractivity contribution in [2.45, 2.75) is 6.92 Å². The second kappa shape index (κ2) is 10.3. The van der Waals surface area contributed by atoms with Gasteiger partial charge in [0, 0.05) is 38.3 Å². The molecule has 8 aromatic rings. The van der Waals surface area contributed by atoms with E-state index in [1.165, 1.54) is 59.6 Å². The van der Waals surface area contributed by atoms with Gasteiger partial charge in [-0.15, -0.1) is 0 Å². The van der Waals surface area contributed by atoms with E-state index in [2.05, 4.69) is 126 Å². The third kappa shape index (κ3) is 4.31. The molecule has 0 aliphatic rings. The number of fused-ring (bicyclic) bond motifs is 8. The average molecular weight is 527 g/mol. The molecule has 2 heteroatoms. The quantitative estimate of drug-likeness (QED) is 0.221. The summed E-state index contributed by atoms with van der Waals surface area (Å²) in [6.45, 7) is 6.03. The molecule has 2 heterocycles. The van der Waals surface area contributed by atoms with Crippen LogP contribution in [0.4, 0.5) is 0 Å². The molecule has 0 radical (unpaired) electrons. The molecule has 2 nitrogen and oxygen atoms in total. The Kier molecular flexibility index (Phi) is 6.22. The minimum atomic E-state index is 1.10. The van der Waals surface area contributed by atoms with Crippen molar-refractivity contribution < 1.29 is 0 Å². The zero-order valence-corrected chi connectivity index (χ0v) is 23.0. The van der Waals surface area contributed by atoms with Crippen molar-refractivity contribution >= 4 is 70.9 Å². The summed E-state index contributed by atoms with van der Waals surface area (Å²) in [5.41, 5.74) is 5.80. The van der Waals surface area contributed by atoms with E-state index in [-0.39, 0.29) is 0 Å². The first-order valence-corrected chi connectivity index (χ1v) is 14.0. The maximum Gasteiger partial charge on any atom is 0.0562 e. The van der Waals surface area contributed by atoms with Crippen LogP contribution in [0.1, 0.15) is 6.92 Å². The molecule has 2 aromatic heterocycles. The summed E-state index contributed by atoms with van der Waals surface area (Å²) in [5.74, 6) is 0. The van der Waals surface area contributed by atoms with Crippen molar-refractivity contribution in [1.82, 2.24) is 9.55 Å². The highest BCUT2D eigenvalue weighted by Crippen LogP contribution is 2.39. The van der Waals surface area contributed by atoms with Crippen LogP contribution in [-0.2, 0) is 0 Å². The third-order valence-corrected chi connectivity index (χ3v) is 7.77. The standard InChI is InChI=1S/C33H24N2.C6H6/c1-3-9-25(10-4-2)35-32-18-24-14-8-6-12-22(24)16-28(32)29-19-27-26-15-21-11-5-7-13-23(21)17-30(26)34-31(27)20-33(29)35;1-2-4-6-5-3-1/h3-20,34H,1H2,2H3;1-6H/b10-4-,25-9+;. The van der Waals surface area contributed by atoms with Gasteiger partial charge in [-0.05, 0) is 77.0 Å². The van der Waals surface area contributed by atoms with Crippen LogP contribution in [0.15, 0.2) is 152 Å². The van der Waals surface area contributed by atoms with Gasteiger partial charge in [0.1, 0.15) is 0 Å². The molecule has 1 N–H and O–H groups in total. The molecule has 0 fully saturated rings. The van der Waals surface area contributed by atoms with Gasteiger partial charge in [-0.1, -0.05) is 104 Å². The molecular weight excluding hydrogens is 496 g/mol. The van der Waals surface area contributed by atoms with E-state index in [0.717, 1.165) is 11.2 Å². The van der Waals surface area contributed by atoms with Crippen LogP contribution in [0.25, 0.3) is 70.9 Å². The van der Waals surface area contributed by atoms with Gasteiger partial charge >= 0.3 is 0 Å². The van der Waals surface area contributed by atoms with Crippen molar-refractivity contribution in [3.8, 4) is 0 Å². The minimum Gasteiger partial charge on any atom is -0.354 e. The highest BCUT2D eigenvalue weighted by atomic mass is 15.0. The number of rotatable bonds is 3. The number of H-pyrrole nitrogens is 1. The van der Waals surface area contributed by atoms with Crippen molar-refractivity contribution in [2.24, 2.45) is 0 Å². The van der Waals surface area contributed by atoms with Crippen LogP contribution >= 0.6 is 0 Å². The Balaban J connectivity index is 0.000000412. The third-order valence-electron chi connectivity index (χ3n) is 7.77. The summed E-state index contributed by atoms with van der Waals surface area (Å²) < 4.78 is 2.36. The van der Waals surface area contributed by atoms with Gasteiger partial charge in [-0.3, -0.25) is 0 Å². The minimum absolute atomic E-state index is 1.10. The molecule has 196 valence electrons. The van der Waals surface area contributed by atoms with Gasteiger partial charge in [0.05, 0.1) is 11.0 Å². The topological polar surface area (TPSA) is 20.7 Å². The summed E-state index contributed by atoms with van der Waals surface area (Å²) in [4.78, 5) is 3.70. The number of nitrogens with zero attached hydrogens (tertiary/aromatic N) is 1. The molecule has 0 spiro atoms. The lowest BCUT2D eigenvalue weighted by atomic mass is 10.0. The SMILES string of the molecule is C=C/C=C(\C=C/C)n1c2cc3ccccc3cc2c2cc3c(cc21)[nH]c1cc2ccccc2cc13.c1ccccc1. The summed E-state index contributed by atoms with van der Waals surface area (Å²) in [7, 11) is 0. The maximum atomic E-state index is 3.98. The van der Waals surface area contributed by atoms with Crippen molar-refractivity contribution in [2.75, 3.05) is 0 Å². The molecule has 0 amide bonds. The first kappa shape index (κ1) is 24.7. The van der Waals surface area contributed by atoms with Crippen LogP contribution in [-0.4, -0.2) is 9.55 Å². The average Bonchev–Trinajstić information content (AvgIpc) is 3.52. The fourth-order valence-electron chi connectivity index (χ4n) is 5.94. The molecule has 0 unspecified atom stereocenters. The van der Waals surface area contributed by atoms with E-state index in [4.69, 9.17) is 0 Å². The summed E-state index contributed by atoms with van der Waals surface area (Å²) in [6.07, 6.45) is 8.18. The van der Waals surface area contributed by atoms with Crippen LogP contribution in [0.3, 0.4) is 0 Å². The van der Waals surface area contributed by atoms with E-state index in [1.54, 1.807) is 0 Å². The Bertz CT molecular complexity index is 2250. The molecule has 0 aliphatic carbocycles. The summed E-state index contributed by atoms with van der Waals surface area (Å²) in [5, 5.41) is 10.0. The smallest absolute Gasteiger partial charge is 0.0562 e. The Morgan fingerprint density at radius 3 is 1.68 bits per heavy atom. The normalized spacial score (nSPS) is 12.2. The van der Waals surface area contributed by atoms with Crippen LogP contribution in [0, 0.1) is 0 Å². The zero-order valence-electron chi connectivity index (χ0n) is 23.0. The molecule has 0 aliphatic heterocycles. The molecule has 8 rings (SSSR count). The number of nitrogens with one attached hydrogen (secondary N) is 1. The molecule has 0 saturated carbocycles. The van der Waals surface area contributed by atoms with Crippen molar-refractivity contribution in [3.05, 3.63) is 152 Å². The van der Waals surface area contributed by atoms with Crippen LogP contribution in [0.5, 0.6) is 0 Å². The zero-order chi connectivity index (χ0) is 27.8. The Labute approximate surface area is 239 Å². The molecular formula is C39H30N2. The first-order chi connectivity index (χ1) is 20.2. The highest BCUT2D eigenvalue weighted by molar-refractivity contribution is 6.21. The van der Waals surface area contributed by atoms with E-state index in [9.17, 15) is 0 Å². The fraction of sp³-hybridized carbons (Fsp3) is 0.0256. The Morgan fingerprint density at radius 2 is 1.07 bits per heavy atom. The highest BCUT2D eigenvalue weighted by Gasteiger charge is 2.16. The van der Waals surface area contributed by atoms with Gasteiger partial charge in [0.25, 0.3) is 0 Å².